The number of benzene rings is 1. The lowest BCUT2D eigenvalue weighted by atomic mass is 10.1. The number of nitrogens with one attached hydrogen (secondary N) is 1. The summed E-state index contributed by atoms with van der Waals surface area (Å²) in [7, 11) is 3.70. The van der Waals surface area contributed by atoms with Crippen LogP contribution in [0.2, 0.25) is 0 Å². The van der Waals surface area contributed by atoms with E-state index in [1.165, 1.54) is 12.1 Å². The third kappa shape index (κ3) is 4.98. The Labute approximate surface area is 157 Å². The molecule has 2 aromatic rings. The van der Waals surface area contributed by atoms with Gasteiger partial charge < -0.3 is 15.0 Å². The highest BCUT2D eigenvalue weighted by molar-refractivity contribution is 7.99. The molecule has 140 valence electrons. The Morgan fingerprint density at radius 1 is 1.42 bits per heavy atom. The average Bonchev–Trinajstić information content (AvgIpc) is 3.10. The second kappa shape index (κ2) is 9.05. The molecule has 0 amide bonds. The zero-order valence-corrected chi connectivity index (χ0v) is 15.9. The molecule has 0 aliphatic carbocycles. The maximum atomic E-state index is 12.9. The lowest BCUT2D eigenvalue weighted by molar-refractivity contribution is -0.00798. The van der Waals surface area contributed by atoms with Crippen LogP contribution in [0, 0.1) is 5.82 Å². The van der Waals surface area contributed by atoms with Crippen molar-refractivity contribution in [2.24, 2.45) is 12.0 Å². The van der Waals surface area contributed by atoms with E-state index < -0.39 is 0 Å². The molecule has 0 bridgehead atoms. The Morgan fingerprint density at radius 2 is 2.23 bits per heavy atom. The highest BCUT2D eigenvalue weighted by atomic mass is 32.2. The van der Waals surface area contributed by atoms with Crippen molar-refractivity contribution in [1.82, 2.24) is 20.0 Å². The molecular weight excluding hydrogens is 353 g/mol. The van der Waals surface area contributed by atoms with Crippen molar-refractivity contribution < 1.29 is 9.13 Å². The molecule has 1 aliphatic rings. The molecule has 1 saturated heterocycles. The summed E-state index contributed by atoms with van der Waals surface area (Å²) >= 11 is 1.69. The second-order valence-corrected chi connectivity index (χ2v) is 7.20. The molecule has 1 unspecified atom stereocenters. The van der Waals surface area contributed by atoms with Crippen molar-refractivity contribution in [2.45, 2.75) is 11.0 Å². The van der Waals surface area contributed by atoms with Gasteiger partial charge in [-0.05, 0) is 24.3 Å². The number of ether oxygens (including phenoxy) is 1. The summed E-state index contributed by atoms with van der Waals surface area (Å²) in [6, 6.07) is 6.58. The lowest BCUT2D eigenvalue weighted by Gasteiger charge is -2.34. The zero-order valence-electron chi connectivity index (χ0n) is 15.1. The van der Waals surface area contributed by atoms with Gasteiger partial charge >= 0.3 is 0 Å². The van der Waals surface area contributed by atoms with Crippen LogP contribution in [0.4, 0.5) is 4.39 Å². The fraction of sp³-hybridized carbons (Fsp3) is 0.444. The number of hydrogen-bond donors (Lipinski definition) is 1. The minimum Gasteiger partial charge on any atom is -0.370 e. The first kappa shape index (κ1) is 18.7. The van der Waals surface area contributed by atoms with Gasteiger partial charge in [0.2, 0.25) is 0 Å². The smallest absolute Gasteiger partial charge is 0.193 e. The van der Waals surface area contributed by atoms with Crippen molar-refractivity contribution >= 4 is 17.7 Å². The number of hydrogen-bond acceptors (Lipinski definition) is 4. The fourth-order valence-corrected chi connectivity index (χ4v) is 3.61. The molecule has 0 radical (unpaired) electrons. The van der Waals surface area contributed by atoms with Crippen LogP contribution in [0.5, 0.6) is 0 Å². The predicted octanol–water partition coefficient (Wildman–Crippen LogP) is 2.30. The molecule has 2 heterocycles. The van der Waals surface area contributed by atoms with Crippen LogP contribution >= 0.6 is 11.8 Å². The van der Waals surface area contributed by atoms with Gasteiger partial charge in [-0.2, -0.15) is 5.10 Å². The maximum absolute atomic E-state index is 12.9. The molecule has 3 rings (SSSR count). The van der Waals surface area contributed by atoms with Gasteiger partial charge in [-0.15, -0.1) is 11.8 Å². The standard InChI is InChI=1S/C18H24FN5OS/c1-20-18(21-7-10-26-16-5-3-15(19)4-6-16)24-8-9-25-17(13-24)14-11-22-23(2)12-14/h3-6,11-12,17H,7-10,13H2,1-2H3,(H,20,21). The molecule has 1 aliphatic heterocycles. The quantitative estimate of drug-likeness (QED) is 0.375. The largest absolute Gasteiger partial charge is 0.370 e. The monoisotopic (exact) mass is 377 g/mol. The van der Waals surface area contributed by atoms with E-state index >= 15 is 0 Å². The number of rotatable bonds is 5. The van der Waals surface area contributed by atoms with E-state index in [-0.39, 0.29) is 11.9 Å². The highest BCUT2D eigenvalue weighted by Gasteiger charge is 2.24. The molecule has 8 heteroatoms. The summed E-state index contributed by atoms with van der Waals surface area (Å²) in [5.41, 5.74) is 1.08. The molecule has 0 spiro atoms. The van der Waals surface area contributed by atoms with Crippen molar-refractivity contribution in [3.63, 3.8) is 0 Å². The Hall–Kier alpha value is -2.06. The summed E-state index contributed by atoms with van der Waals surface area (Å²) in [5, 5.41) is 7.63. The summed E-state index contributed by atoms with van der Waals surface area (Å²) in [4.78, 5) is 7.67. The summed E-state index contributed by atoms with van der Waals surface area (Å²) < 4.78 is 20.6. The van der Waals surface area contributed by atoms with Crippen LogP contribution in [-0.4, -0.2) is 59.7 Å². The van der Waals surface area contributed by atoms with Crippen LogP contribution in [0.25, 0.3) is 0 Å². The normalized spacial score (nSPS) is 18.2. The first-order valence-electron chi connectivity index (χ1n) is 8.60. The number of guanidine groups is 1. The topological polar surface area (TPSA) is 54.7 Å². The van der Waals surface area contributed by atoms with Crippen LogP contribution in [0.15, 0.2) is 46.5 Å². The van der Waals surface area contributed by atoms with Crippen molar-refractivity contribution in [2.75, 3.05) is 39.0 Å². The zero-order chi connectivity index (χ0) is 18.4. The SMILES string of the molecule is CN=C(NCCSc1ccc(F)cc1)N1CCOC(c2cnn(C)c2)C1. The van der Waals surface area contributed by atoms with E-state index in [4.69, 9.17) is 4.74 Å². The molecule has 6 nitrogen and oxygen atoms in total. The second-order valence-electron chi connectivity index (χ2n) is 6.03. The predicted molar refractivity (Wildman–Crippen MR) is 102 cm³/mol. The number of nitrogens with zero attached hydrogens (tertiary/aromatic N) is 4. The van der Waals surface area contributed by atoms with Gasteiger partial charge in [0.15, 0.2) is 5.96 Å². The third-order valence-electron chi connectivity index (χ3n) is 4.14. The molecule has 1 atom stereocenters. The Kier molecular flexibility index (Phi) is 6.51. The van der Waals surface area contributed by atoms with Crippen LogP contribution in [-0.2, 0) is 11.8 Å². The number of aryl methyl sites for hydroxylation is 1. The highest BCUT2D eigenvalue weighted by Crippen LogP contribution is 2.21. The number of aromatic nitrogens is 2. The van der Waals surface area contributed by atoms with Crippen molar-refractivity contribution in [1.29, 1.82) is 0 Å². The number of thioether (sulfide) groups is 1. The molecule has 1 N–H and O–H groups in total. The van der Waals surface area contributed by atoms with E-state index in [2.05, 4.69) is 20.3 Å². The van der Waals surface area contributed by atoms with Gasteiger partial charge in [0, 0.05) is 49.6 Å². The molecule has 26 heavy (non-hydrogen) atoms. The Balaban J connectivity index is 1.48. The molecule has 1 aromatic carbocycles. The maximum Gasteiger partial charge on any atom is 0.193 e. The van der Waals surface area contributed by atoms with Gasteiger partial charge in [0.25, 0.3) is 0 Å². The van der Waals surface area contributed by atoms with Gasteiger partial charge in [-0.3, -0.25) is 9.67 Å². The Morgan fingerprint density at radius 3 is 2.92 bits per heavy atom. The molecule has 1 fully saturated rings. The van der Waals surface area contributed by atoms with Gasteiger partial charge in [0.1, 0.15) is 11.9 Å². The number of morpholine rings is 1. The van der Waals surface area contributed by atoms with E-state index in [0.29, 0.717) is 6.61 Å². The van der Waals surface area contributed by atoms with E-state index in [0.717, 1.165) is 41.8 Å². The summed E-state index contributed by atoms with van der Waals surface area (Å²) in [6.07, 6.45) is 3.84. The first-order chi connectivity index (χ1) is 12.7. The minimum atomic E-state index is -0.205. The molecule has 0 saturated carbocycles. The third-order valence-corrected chi connectivity index (χ3v) is 5.16. The average molecular weight is 377 g/mol. The van der Waals surface area contributed by atoms with E-state index in [9.17, 15) is 4.39 Å². The van der Waals surface area contributed by atoms with Crippen LogP contribution in [0.1, 0.15) is 11.7 Å². The van der Waals surface area contributed by atoms with E-state index in [1.54, 1.807) is 35.6 Å². The fourth-order valence-electron chi connectivity index (χ4n) is 2.84. The molecule has 1 aromatic heterocycles. The number of aliphatic imine (C=N–C) groups is 1. The summed E-state index contributed by atoms with van der Waals surface area (Å²) in [6.45, 7) is 2.99. The number of halogens is 1. The van der Waals surface area contributed by atoms with E-state index in [1.807, 2.05) is 19.4 Å². The summed E-state index contributed by atoms with van der Waals surface area (Å²) in [5.74, 6) is 1.55. The molecular formula is C18H24FN5OS. The Bertz CT molecular complexity index is 733. The lowest BCUT2D eigenvalue weighted by Crippen LogP contribution is -2.48. The van der Waals surface area contributed by atoms with Gasteiger partial charge in [-0.1, -0.05) is 0 Å². The van der Waals surface area contributed by atoms with Crippen molar-refractivity contribution in [3.8, 4) is 0 Å². The first-order valence-corrected chi connectivity index (χ1v) is 9.58. The van der Waals surface area contributed by atoms with Gasteiger partial charge in [0.05, 0.1) is 19.3 Å². The van der Waals surface area contributed by atoms with Crippen LogP contribution in [0.3, 0.4) is 0 Å². The van der Waals surface area contributed by atoms with Gasteiger partial charge in [-0.25, -0.2) is 4.39 Å². The van der Waals surface area contributed by atoms with Crippen LogP contribution < -0.4 is 5.32 Å². The van der Waals surface area contributed by atoms with Crippen molar-refractivity contribution in [3.05, 3.63) is 48.0 Å². The minimum absolute atomic E-state index is 0.00425.